The third-order valence-corrected chi connectivity index (χ3v) is 4.62. The number of rotatable bonds is 4. The number of benzene rings is 1. The molecular weight excluding hydrogens is 278 g/mol. The van der Waals surface area contributed by atoms with Crippen LogP contribution in [0.15, 0.2) is 24.3 Å². The number of hydrogen-bond acceptors (Lipinski definition) is 2. The van der Waals surface area contributed by atoms with Gasteiger partial charge in [-0.2, -0.15) is 0 Å². The summed E-state index contributed by atoms with van der Waals surface area (Å²) in [7, 11) is 0. The minimum Gasteiger partial charge on any atom is -0.481 e. The van der Waals surface area contributed by atoms with Crippen molar-refractivity contribution >= 4 is 11.9 Å². The maximum Gasteiger partial charge on any atom is 0.306 e. The van der Waals surface area contributed by atoms with Crippen molar-refractivity contribution in [1.82, 2.24) is 5.32 Å². The van der Waals surface area contributed by atoms with Gasteiger partial charge in [-0.05, 0) is 52.0 Å². The first-order chi connectivity index (χ1) is 10.3. The molecule has 0 saturated heterocycles. The Morgan fingerprint density at radius 1 is 1.14 bits per heavy atom. The molecule has 0 bridgehead atoms. The second-order valence-corrected chi connectivity index (χ2v) is 6.87. The van der Waals surface area contributed by atoms with E-state index in [0.29, 0.717) is 25.7 Å². The van der Waals surface area contributed by atoms with Gasteiger partial charge in [-0.1, -0.05) is 29.8 Å². The van der Waals surface area contributed by atoms with E-state index in [2.05, 4.69) is 11.4 Å². The molecule has 1 aliphatic rings. The van der Waals surface area contributed by atoms with E-state index in [4.69, 9.17) is 5.11 Å². The van der Waals surface area contributed by atoms with E-state index in [-0.39, 0.29) is 17.7 Å². The molecule has 1 aromatic carbocycles. The Labute approximate surface area is 131 Å². The highest BCUT2D eigenvalue weighted by Crippen LogP contribution is 2.30. The first kappa shape index (κ1) is 16.5. The Morgan fingerprint density at radius 2 is 1.73 bits per heavy atom. The van der Waals surface area contributed by atoms with Crippen LogP contribution in [0.4, 0.5) is 0 Å². The number of carboxylic acids is 1. The summed E-state index contributed by atoms with van der Waals surface area (Å²) < 4.78 is 0. The smallest absolute Gasteiger partial charge is 0.306 e. The molecule has 2 rings (SSSR count). The molecule has 4 heteroatoms. The van der Waals surface area contributed by atoms with Crippen molar-refractivity contribution in [2.75, 3.05) is 0 Å². The lowest BCUT2D eigenvalue weighted by Gasteiger charge is -2.32. The van der Waals surface area contributed by atoms with Crippen molar-refractivity contribution in [2.24, 2.45) is 11.8 Å². The van der Waals surface area contributed by atoms with Gasteiger partial charge in [0.25, 0.3) is 0 Å². The zero-order valence-corrected chi connectivity index (χ0v) is 13.6. The van der Waals surface area contributed by atoms with Gasteiger partial charge in [0, 0.05) is 5.92 Å². The average molecular weight is 303 g/mol. The molecule has 0 spiro atoms. The van der Waals surface area contributed by atoms with Crippen LogP contribution in [0.5, 0.6) is 0 Å². The van der Waals surface area contributed by atoms with Crippen LogP contribution < -0.4 is 5.32 Å². The molecule has 1 saturated carbocycles. The molecule has 0 heterocycles. The van der Waals surface area contributed by atoms with Crippen LogP contribution in [0.1, 0.15) is 50.7 Å². The van der Waals surface area contributed by atoms with Gasteiger partial charge < -0.3 is 10.4 Å². The quantitative estimate of drug-likeness (QED) is 0.897. The van der Waals surface area contributed by atoms with Crippen LogP contribution >= 0.6 is 0 Å². The number of carbonyl (C=O) groups is 2. The molecule has 1 aliphatic carbocycles. The van der Waals surface area contributed by atoms with Crippen molar-refractivity contribution < 1.29 is 14.7 Å². The van der Waals surface area contributed by atoms with Crippen molar-refractivity contribution in [1.29, 1.82) is 0 Å². The van der Waals surface area contributed by atoms with E-state index in [1.165, 1.54) is 5.56 Å². The van der Waals surface area contributed by atoms with E-state index in [0.717, 1.165) is 5.56 Å². The summed E-state index contributed by atoms with van der Waals surface area (Å²) >= 11 is 0. The summed E-state index contributed by atoms with van der Waals surface area (Å²) in [5, 5.41) is 12.2. The third kappa shape index (κ3) is 3.87. The summed E-state index contributed by atoms with van der Waals surface area (Å²) in [5.41, 5.74) is 1.83. The topological polar surface area (TPSA) is 66.4 Å². The second-order valence-electron chi connectivity index (χ2n) is 6.87. The zero-order valence-electron chi connectivity index (χ0n) is 13.6. The van der Waals surface area contributed by atoms with E-state index in [9.17, 15) is 9.59 Å². The Balaban J connectivity index is 1.98. The molecule has 1 aromatic rings. The van der Waals surface area contributed by atoms with Crippen LogP contribution in [0, 0.1) is 18.8 Å². The monoisotopic (exact) mass is 303 g/mol. The summed E-state index contributed by atoms with van der Waals surface area (Å²) in [6.45, 7) is 6.04. The lowest BCUT2D eigenvalue weighted by atomic mass is 9.81. The molecular formula is C18H25NO3. The molecule has 0 aliphatic heterocycles. The predicted octanol–water partition coefficient (Wildman–Crippen LogP) is 3.24. The van der Waals surface area contributed by atoms with Gasteiger partial charge in [0.05, 0.1) is 11.5 Å². The van der Waals surface area contributed by atoms with Gasteiger partial charge >= 0.3 is 5.97 Å². The zero-order chi connectivity index (χ0) is 16.3. The largest absolute Gasteiger partial charge is 0.481 e. The SMILES string of the molecule is Cc1cccc(C(C)(C)NC(=O)C2CCC(C(=O)O)CC2)c1. The van der Waals surface area contributed by atoms with Crippen LogP contribution in [0.25, 0.3) is 0 Å². The van der Waals surface area contributed by atoms with Gasteiger partial charge in [-0.15, -0.1) is 0 Å². The molecule has 0 atom stereocenters. The van der Waals surface area contributed by atoms with Gasteiger partial charge in [0.15, 0.2) is 0 Å². The van der Waals surface area contributed by atoms with Gasteiger partial charge in [0.2, 0.25) is 5.91 Å². The number of aliphatic carboxylic acids is 1. The fourth-order valence-electron chi connectivity index (χ4n) is 3.12. The molecule has 4 nitrogen and oxygen atoms in total. The van der Waals surface area contributed by atoms with Crippen LogP contribution in [0.2, 0.25) is 0 Å². The Hall–Kier alpha value is -1.84. The van der Waals surface area contributed by atoms with Crippen molar-refractivity contribution in [3.8, 4) is 0 Å². The normalized spacial score (nSPS) is 22.1. The summed E-state index contributed by atoms with van der Waals surface area (Å²) in [6.07, 6.45) is 2.51. The first-order valence-corrected chi connectivity index (χ1v) is 7.91. The molecule has 1 amide bonds. The first-order valence-electron chi connectivity index (χ1n) is 7.91. The van der Waals surface area contributed by atoms with Crippen LogP contribution in [-0.2, 0) is 15.1 Å². The molecule has 0 aromatic heterocycles. The molecule has 22 heavy (non-hydrogen) atoms. The fourth-order valence-corrected chi connectivity index (χ4v) is 3.12. The molecule has 1 fully saturated rings. The van der Waals surface area contributed by atoms with Crippen molar-refractivity contribution in [3.05, 3.63) is 35.4 Å². The van der Waals surface area contributed by atoms with Crippen LogP contribution in [-0.4, -0.2) is 17.0 Å². The number of amides is 1. The number of carboxylic acid groups (broad SMARTS) is 1. The minimum absolute atomic E-state index is 0.0374. The molecule has 120 valence electrons. The third-order valence-electron chi connectivity index (χ3n) is 4.62. The number of carbonyl (C=O) groups excluding carboxylic acids is 1. The standard InChI is InChI=1S/C18H25NO3/c1-12-5-4-6-15(11-12)18(2,3)19-16(20)13-7-9-14(10-8-13)17(21)22/h4-6,11,13-14H,7-10H2,1-3H3,(H,19,20)(H,21,22). The summed E-state index contributed by atoms with van der Waals surface area (Å²) in [4.78, 5) is 23.5. The maximum atomic E-state index is 12.5. The Bertz CT molecular complexity index is 557. The lowest BCUT2D eigenvalue weighted by Crippen LogP contribution is -2.45. The number of hydrogen-bond donors (Lipinski definition) is 2. The van der Waals surface area contributed by atoms with Gasteiger partial charge in [0.1, 0.15) is 0 Å². The molecule has 0 radical (unpaired) electrons. The van der Waals surface area contributed by atoms with E-state index in [1.807, 2.05) is 39.0 Å². The van der Waals surface area contributed by atoms with Gasteiger partial charge in [-0.25, -0.2) is 0 Å². The second kappa shape index (κ2) is 6.51. The average Bonchev–Trinajstić information content (AvgIpc) is 2.47. The number of nitrogens with one attached hydrogen (secondary N) is 1. The van der Waals surface area contributed by atoms with E-state index in [1.54, 1.807) is 0 Å². The summed E-state index contributed by atoms with van der Waals surface area (Å²) in [6, 6.07) is 8.14. The fraction of sp³-hybridized carbons (Fsp3) is 0.556. The highest BCUT2D eigenvalue weighted by Gasteiger charge is 2.32. The maximum absolute atomic E-state index is 12.5. The molecule has 2 N–H and O–H groups in total. The lowest BCUT2D eigenvalue weighted by molar-refractivity contribution is -0.144. The predicted molar refractivity (Wildman–Crippen MR) is 85.4 cm³/mol. The molecule has 0 unspecified atom stereocenters. The highest BCUT2D eigenvalue weighted by molar-refractivity contribution is 5.80. The van der Waals surface area contributed by atoms with Crippen LogP contribution in [0.3, 0.4) is 0 Å². The van der Waals surface area contributed by atoms with Crippen molar-refractivity contribution in [2.45, 2.75) is 52.0 Å². The van der Waals surface area contributed by atoms with Gasteiger partial charge in [-0.3, -0.25) is 9.59 Å². The van der Waals surface area contributed by atoms with Crippen molar-refractivity contribution in [3.63, 3.8) is 0 Å². The Morgan fingerprint density at radius 3 is 2.27 bits per heavy atom. The minimum atomic E-state index is -0.737. The Kier molecular flexibility index (Phi) is 4.89. The highest BCUT2D eigenvalue weighted by atomic mass is 16.4. The van der Waals surface area contributed by atoms with E-state index < -0.39 is 11.5 Å². The number of aryl methyl sites for hydroxylation is 1. The summed E-state index contributed by atoms with van der Waals surface area (Å²) in [5.74, 6) is -1.05. The van der Waals surface area contributed by atoms with E-state index >= 15 is 0 Å².